The summed E-state index contributed by atoms with van der Waals surface area (Å²) in [7, 11) is 0. The predicted octanol–water partition coefficient (Wildman–Crippen LogP) is 3.53. The molecule has 0 aliphatic carbocycles. The maximum Gasteiger partial charge on any atom is 0.313 e. The molecule has 8 heteroatoms. The lowest BCUT2D eigenvalue weighted by Crippen LogP contribution is -2.43. The molecule has 1 atom stereocenters. The molecule has 32 heavy (non-hydrogen) atoms. The van der Waals surface area contributed by atoms with Crippen LogP contribution in [0.15, 0.2) is 72.8 Å². The first-order valence-electron chi connectivity index (χ1n) is 9.90. The van der Waals surface area contributed by atoms with E-state index in [9.17, 15) is 24.8 Å². The van der Waals surface area contributed by atoms with Crippen molar-refractivity contribution in [1.82, 2.24) is 5.32 Å². The summed E-state index contributed by atoms with van der Waals surface area (Å²) < 4.78 is 0. The van der Waals surface area contributed by atoms with Gasteiger partial charge in [0.05, 0.1) is 11.5 Å². The topological polar surface area (TPSA) is 122 Å². The summed E-state index contributed by atoms with van der Waals surface area (Å²) in [6.45, 7) is 2.96. The summed E-state index contributed by atoms with van der Waals surface area (Å²) in [6.07, 6.45) is 0. The van der Waals surface area contributed by atoms with Crippen LogP contribution in [0.5, 0.6) is 0 Å². The molecule has 0 saturated carbocycles. The zero-order valence-electron chi connectivity index (χ0n) is 17.7. The lowest BCUT2D eigenvalue weighted by molar-refractivity contribution is -0.384. The number of carbonyl (C=O) groups is 2. The summed E-state index contributed by atoms with van der Waals surface area (Å²) >= 11 is 0. The van der Waals surface area contributed by atoms with Gasteiger partial charge < -0.3 is 15.7 Å². The highest BCUT2D eigenvalue weighted by molar-refractivity contribution is 6.39. The van der Waals surface area contributed by atoms with Gasteiger partial charge in [-0.25, -0.2) is 0 Å². The third-order valence-electron chi connectivity index (χ3n) is 5.08. The largest absolute Gasteiger partial charge is 0.384 e. The second-order valence-corrected chi connectivity index (χ2v) is 7.61. The smallest absolute Gasteiger partial charge is 0.313 e. The first kappa shape index (κ1) is 22.6. The molecule has 0 heterocycles. The number of nitrogens with zero attached hydrogens (tertiary/aromatic N) is 1. The number of benzene rings is 3. The van der Waals surface area contributed by atoms with Gasteiger partial charge in [-0.15, -0.1) is 0 Å². The van der Waals surface area contributed by atoms with E-state index < -0.39 is 22.3 Å². The zero-order chi connectivity index (χ0) is 23.3. The van der Waals surface area contributed by atoms with Crippen LogP contribution < -0.4 is 10.6 Å². The maximum atomic E-state index is 12.2. The molecule has 3 aromatic rings. The number of non-ortho nitro benzene ring substituents is 1. The minimum absolute atomic E-state index is 0.112. The van der Waals surface area contributed by atoms with Gasteiger partial charge in [-0.1, -0.05) is 54.6 Å². The number of hydrogen-bond acceptors (Lipinski definition) is 5. The van der Waals surface area contributed by atoms with Gasteiger partial charge in [-0.2, -0.15) is 0 Å². The molecule has 0 fully saturated rings. The summed E-state index contributed by atoms with van der Waals surface area (Å²) in [6, 6.07) is 21.0. The Morgan fingerprint density at radius 1 is 0.969 bits per heavy atom. The van der Waals surface area contributed by atoms with Gasteiger partial charge in [0.25, 0.3) is 5.69 Å². The average molecular weight is 433 g/mol. The number of rotatable bonds is 6. The normalized spacial score (nSPS) is 12.5. The molecule has 0 radical (unpaired) electrons. The number of carbonyl (C=O) groups excluding carboxylic acids is 2. The second kappa shape index (κ2) is 9.40. The summed E-state index contributed by atoms with van der Waals surface area (Å²) in [5.74, 6) is -1.86. The van der Waals surface area contributed by atoms with Gasteiger partial charge >= 0.3 is 11.8 Å². The standard InChI is InChI=1S/C24H23N3O5/c1-16-14-20(27(31)32)12-13-21(16)26-23(29)22(28)25-15-24(2,30)19-10-8-18(9-11-19)17-6-4-3-5-7-17/h3-14,30H,15H2,1-2H3,(H,25,28)(H,26,29). The van der Waals surface area contributed by atoms with Crippen LogP contribution in [0.2, 0.25) is 0 Å². The second-order valence-electron chi connectivity index (χ2n) is 7.61. The Hall–Kier alpha value is -4.04. The molecular weight excluding hydrogens is 410 g/mol. The van der Waals surface area contributed by atoms with E-state index in [2.05, 4.69) is 10.6 Å². The van der Waals surface area contributed by atoms with E-state index in [1.807, 2.05) is 42.5 Å². The third kappa shape index (κ3) is 5.35. The van der Waals surface area contributed by atoms with Crippen molar-refractivity contribution in [2.75, 3.05) is 11.9 Å². The number of aliphatic hydroxyl groups is 1. The third-order valence-corrected chi connectivity index (χ3v) is 5.08. The molecule has 0 saturated heterocycles. The van der Waals surface area contributed by atoms with E-state index in [1.165, 1.54) is 18.2 Å². The number of nitro groups is 1. The average Bonchev–Trinajstić information content (AvgIpc) is 2.79. The number of nitrogens with one attached hydrogen (secondary N) is 2. The molecule has 3 rings (SSSR count). The Morgan fingerprint density at radius 3 is 2.19 bits per heavy atom. The van der Waals surface area contributed by atoms with Crippen LogP contribution in [-0.2, 0) is 15.2 Å². The molecule has 1 unspecified atom stereocenters. The molecule has 0 bridgehead atoms. The first-order valence-corrected chi connectivity index (χ1v) is 9.90. The van der Waals surface area contributed by atoms with Crippen LogP contribution in [0, 0.1) is 17.0 Å². The Balaban J connectivity index is 1.60. The van der Waals surface area contributed by atoms with Gasteiger partial charge in [0.15, 0.2) is 0 Å². The van der Waals surface area contributed by atoms with Crippen molar-refractivity contribution in [3.05, 3.63) is 94.0 Å². The van der Waals surface area contributed by atoms with Crippen LogP contribution in [0.3, 0.4) is 0 Å². The van der Waals surface area contributed by atoms with Crippen molar-refractivity contribution in [3.8, 4) is 11.1 Å². The minimum atomic E-state index is -1.39. The van der Waals surface area contributed by atoms with E-state index in [-0.39, 0.29) is 12.2 Å². The fourth-order valence-electron chi connectivity index (χ4n) is 3.17. The number of nitro benzene ring substituents is 1. The fourth-order valence-corrected chi connectivity index (χ4v) is 3.17. The molecule has 0 spiro atoms. The van der Waals surface area contributed by atoms with Crippen molar-refractivity contribution < 1.29 is 19.6 Å². The van der Waals surface area contributed by atoms with Crippen molar-refractivity contribution in [3.63, 3.8) is 0 Å². The highest BCUT2D eigenvalue weighted by Gasteiger charge is 2.26. The molecular formula is C24H23N3O5. The van der Waals surface area contributed by atoms with Gasteiger partial charge in [0.2, 0.25) is 0 Å². The molecule has 164 valence electrons. The lowest BCUT2D eigenvalue weighted by atomic mass is 9.93. The molecule has 0 aliphatic rings. The van der Waals surface area contributed by atoms with Gasteiger partial charge in [-0.3, -0.25) is 19.7 Å². The summed E-state index contributed by atoms with van der Waals surface area (Å²) in [4.78, 5) is 34.7. The highest BCUT2D eigenvalue weighted by Crippen LogP contribution is 2.25. The van der Waals surface area contributed by atoms with E-state index in [0.29, 0.717) is 16.8 Å². The Labute approximate surface area is 185 Å². The molecule has 0 aliphatic heterocycles. The quantitative estimate of drug-likeness (QED) is 0.312. The number of anilines is 1. The lowest BCUT2D eigenvalue weighted by Gasteiger charge is -2.24. The fraction of sp³-hybridized carbons (Fsp3) is 0.167. The Kier molecular flexibility index (Phi) is 6.65. The molecule has 8 nitrogen and oxygen atoms in total. The SMILES string of the molecule is Cc1cc([N+](=O)[O-])ccc1NC(=O)C(=O)NCC(C)(O)c1ccc(-c2ccccc2)cc1. The van der Waals surface area contributed by atoms with Crippen molar-refractivity contribution >= 4 is 23.2 Å². The Morgan fingerprint density at radius 2 is 1.59 bits per heavy atom. The van der Waals surface area contributed by atoms with Crippen molar-refractivity contribution in [2.24, 2.45) is 0 Å². The van der Waals surface area contributed by atoms with Crippen molar-refractivity contribution in [1.29, 1.82) is 0 Å². The van der Waals surface area contributed by atoms with Crippen LogP contribution in [0.1, 0.15) is 18.1 Å². The van der Waals surface area contributed by atoms with E-state index >= 15 is 0 Å². The van der Waals surface area contributed by atoms with E-state index in [4.69, 9.17) is 0 Å². The van der Waals surface area contributed by atoms with Crippen LogP contribution in [-0.4, -0.2) is 28.4 Å². The molecule has 3 N–H and O–H groups in total. The molecule has 0 aromatic heterocycles. The van der Waals surface area contributed by atoms with Crippen LogP contribution in [0.25, 0.3) is 11.1 Å². The molecule has 2 amide bonds. The van der Waals surface area contributed by atoms with Crippen molar-refractivity contribution in [2.45, 2.75) is 19.4 Å². The van der Waals surface area contributed by atoms with Crippen LogP contribution in [0.4, 0.5) is 11.4 Å². The van der Waals surface area contributed by atoms with E-state index in [0.717, 1.165) is 11.1 Å². The first-order chi connectivity index (χ1) is 15.2. The number of aryl methyl sites for hydroxylation is 1. The number of amides is 2. The van der Waals surface area contributed by atoms with Gasteiger partial charge in [0.1, 0.15) is 5.60 Å². The minimum Gasteiger partial charge on any atom is -0.384 e. The number of hydrogen-bond donors (Lipinski definition) is 3. The van der Waals surface area contributed by atoms with Gasteiger partial charge in [0, 0.05) is 17.8 Å². The van der Waals surface area contributed by atoms with Gasteiger partial charge in [-0.05, 0) is 42.2 Å². The summed E-state index contributed by atoms with van der Waals surface area (Å²) in [5.41, 5.74) is 1.86. The molecule has 3 aromatic carbocycles. The predicted molar refractivity (Wildman–Crippen MR) is 121 cm³/mol. The zero-order valence-corrected chi connectivity index (χ0v) is 17.7. The summed E-state index contributed by atoms with van der Waals surface area (Å²) in [5, 5.41) is 26.4. The van der Waals surface area contributed by atoms with Crippen LogP contribution >= 0.6 is 0 Å². The Bertz CT molecular complexity index is 1140. The highest BCUT2D eigenvalue weighted by atomic mass is 16.6. The monoisotopic (exact) mass is 433 g/mol. The van der Waals surface area contributed by atoms with E-state index in [1.54, 1.807) is 26.0 Å². The maximum absolute atomic E-state index is 12.2.